The second-order valence-electron chi connectivity index (χ2n) is 6.32. The molecule has 0 unspecified atom stereocenters. The lowest BCUT2D eigenvalue weighted by Crippen LogP contribution is -2.34. The van der Waals surface area contributed by atoms with Crippen molar-refractivity contribution in [1.82, 2.24) is 4.90 Å². The Bertz CT molecular complexity index is 704. The standard InChI is InChI=1S/C21H25NO4/c1-2-10-24-15-19(23)14-22(12-17-6-4-3-5-7-17)13-18-8-9-20-21(11-18)26-16-25-20/h2-9,11,19,23H,1,10,12-16H2/t19-/m1/s1. The average Bonchev–Trinajstić information content (AvgIpc) is 3.10. The first-order valence-corrected chi connectivity index (χ1v) is 8.76. The zero-order valence-corrected chi connectivity index (χ0v) is 14.8. The van der Waals surface area contributed by atoms with E-state index in [1.165, 1.54) is 5.56 Å². The van der Waals surface area contributed by atoms with E-state index in [-0.39, 0.29) is 6.79 Å². The molecule has 138 valence electrons. The van der Waals surface area contributed by atoms with Crippen LogP contribution >= 0.6 is 0 Å². The molecule has 1 heterocycles. The fourth-order valence-corrected chi connectivity index (χ4v) is 2.96. The van der Waals surface area contributed by atoms with Gasteiger partial charge in [0.15, 0.2) is 11.5 Å². The summed E-state index contributed by atoms with van der Waals surface area (Å²) in [4.78, 5) is 2.20. The number of hydrogen-bond acceptors (Lipinski definition) is 5. The van der Waals surface area contributed by atoms with E-state index in [0.29, 0.717) is 26.3 Å². The Morgan fingerprint density at radius 3 is 2.65 bits per heavy atom. The minimum atomic E-state index is -0.562. The monoisotopic (exact) mass is 355 g/mol. The van der Waals surface area contributed by atoms with Crippen LogP contribution in [-0.4, -0.2) is 42.7 Å². The van der Waals surface area contributed by atoms with Crippen molar-refractivity contribution in [3.8, 4) is 11.5 Å². The number of aliphatic hydroxyl groups excluding tert-OH is 1. The van der Waals surface area contributed by atoms with Crippen molar-refractivity contribution in [3.63, 3.8) is 0 Å². The maximum Gasteiger partial charge on any atom is 0.231 e. The topological polar surface area (TPSA) is 51.2 Å². The van der Waals surface area contributed by atoms with E-state index in [4.69, 9.17) is 14.2 Å². The third-order valence-corrected chi connectivity index (χ3v) is 4.11. The zero-order valence-electron chi connectivity index (χ0n) is 14.8. The lowest BCUT2D eigenvalue weighted by molar-refractivity contribution is 0.0228. The van der Waals surface area contributed by atoms with Gasteiger partial charge in [0.2, 0.25) is 6.79 Å². The Balaban J connectivity index is 1.66. The predicted octanol–water partition coefficient (Wildman–Crippen LogP) is 2.98. The molecule has 0 amide bonds. The van der Waals surface area contributed by atoms with E-state index < -0.39 is 6.10 Å². The molecule has 0 bridgehead atoms. The van der Waals surface area contributed by atoms with Crippen LogP contribution in [0.3, 0.4) is 0 Å². The van der Waals surface area contributed by atoms with Crippen LogP contribution < -0.4 is 9.47 Å². The number of aliphatic hydroxyl groups is 1. The van der Waals surface area contributed by atoms with Crippen LogP contribution in [0.5, 0.6) is 11.5 Å². The summed E-state index contributed by atoms with van der Waals surface area (Å²) in [5, 5.41) is 10.3. The smallest absolute Gasteiger partial charge is 0.231 e. The summed E-state index contributed by atoms with van der Waals surface area (Å²) in [5.74, 6) is 1.55. The van der Waals surface area contributed by atoms with Crippen molar-refractivity contribution in [2.45, 2.75) is 19.2 Å². The number of benzene rings is 2. The molecule has 0 aromatic heterocycles. The van der Waals surface area contributed by atoms with Gasteiger partial charge in [0.1, 0.15) is 0 Å². The summed E-state index contributed by atoms with van der Waals surface area (Å²) >= 11 is 0. The van der Waals surface area contributed by atoms with Crippen molar-refractivity contribution in [1.29, 1.82) is 0 Å². The van der Waals surface area contributed by atoms with Gasteiger partial charge < -0.3 is 19.3 Å². The minimum Gasteiger partial charge on any atom is -0.454 e. The van der Waals surface area contributed by atoms with E-state index in [9.17, 15) is 5.11 Å². The highest BCUT2D eigenvalue weighted by atomic mass is 16.7. The molecule has 0 aliphatic carbocycles. The van der Waals surface area contributed by atoms with Crippen LogP contribution in [0.1, 0.15) is 11.1 Å². The number of nitrogens with zero attached hydrogens (tertiary/aromatic N) is 1. The number of fused-ring (bicyclic) bond motifs is 1. The second-order valence-corrected chi connectivity index (χ2v) is 6.32. The summed E-state index contributed by atoms with van der Waals surface area (Å²) < 4.78 is 16.2. The maximum absolute atomic E-state index is 10.3. The van der Waals surface area contributed by atoms with Crippen molar-refractivity contribution in [2.24, 2.45) is 0 Å². The molecule has 0 fully saturated rings. The van der Waals surface area contributed by atoms with Gasteiger partial charge in [0.05, 0.1) is 19.3 Å². The molecule has 0 saturated carbocycles. The van der Waals surface area contributed by atoms with Gasteiger partial charge in [-0.2, -0.15) is 0 Å². The van der Waals surface area contributed by atoms with Crippen molar-refractivity contribution in [2.75, 3.05) is 26.6 Å². The molecule has 1 aliphatic rings. The summed E-state index contributed by atoms with van der Waals surface area (Å²) in [5.41, 5.74) is 2.32. The number of rotatable bonds is 10. The molecule has 5 nitrogen and oxygen atoms in total. The number of hydrogen-bond donors (Lipinski definition) is 1. The van der Waals surface area contributed by atoms with E-state index in [2.05, 4.69) is 23.6 Å². The van der Waals surface area contributed by atoms with Gasteiger partial charge in [-0.3, -0.25) is 4.90 Å². The van der Waals surface area contributed by atoms with E-state index >= 15 is 0 Å². The van der Waals surface area contributed by atoms with Crippen molar-refractivity contribution >= 4 is 0 Å². The highest BCUT2D eigenvalue weighted by Crippen LogP contribution is 2.32. The lowest BCUT2D eigenvalue weighted by Gasteiger charge is -2.25. The fourth-order valence-electron chi connectivity index (χ4n) is 2.96. The third-order valence-electron chi connectivity index (χ3n) is 4.11. The number of ether oxygens (including phenoxy) is 3. The molecule has 0 spiro atoms. The minimum absolute atomic E-state index is 0.270. The summed E-state index contributed by atoms with van der Waals surface area (Å²) in [6, 6.07) is 16.2. The van der Waals surface area contributed by atoms with Gasteiger partial charge in [0.25, 0.3) is 0 Å². The second kappa shape index (κ2) is 9.38. The average molecular weight is 355 g/mol. The highest BCUT2D eigenvalue weighted by molar-refractivity contribution is 5.44. The predicted molar refractivity (Wildman–Crippen MR) is 100 cm³/mol. The normalized spacial score (nSPS) is 13.8. The summed E-state index contributed by atoms with van der Waals surface area (Å²) in [6.45, 7) is 6.58. The lowest BCUT2D eigenvalue weighted by atomic mass is 10.1. The SMILES string of the molecule is C=CCOC[C@H](O)CN(Cc1ccccc1)Cc1ccc2c(c1)OCO2. The Kier molecular flexibility index (Phi) is 6.66. The quantitative estimate of drug-likeness (QED) is 0.524. The molecule has 0 saturated heterocycles. The third kappa shape index (κ3) is 5.33. The molecular formula is C21H25NO4. The first-order valence-electron chi connectivity index (χ1n) is 8.76. The van der Waals surface area contributed by atoms with Crippen LogP contribution in [0, 0.1) is 0 Å². The van der Waals surface area contributed by atoms with Crippen LogP contribution in [0.25, 0.3) is 0 Å². The van der Waals surface area contributed by atoms with Gasteiger partial charge in [-0.25, -0.2) is 0 Å². The molecule has 0 radical (unpaired) electrons. The molecule has 3 rings (SSSR count). The van der Waals surface area contributed by atoms with Gasteiger partial charge in [-0.1, -0.05) is 42.5 Å². The van der Waals surface area contributed by atoms with Crippen LogP contribution in [-0.2, 0) is 17.8 Å². The van der Waals surface area contributed by atoms with Crippen molar-refractivity contribution in [3.05, 3.63) is 72.3 Å². The van der Waals surface area contributed by atoms with Gasteiger partial charge >= 0.3 is 0 Å². The molecule has 5 heteroatoms. The zero-order chi connectivity index (χ0) is 18.2. The molecule has 26 heavy (non-hydrogen) atoms. The maximum atomic E-state index is 10.3. The molecule has 1 aliphatic heterocycles. The summed E-state index contributed by atoms with van der Waals surface area (Å²) in [6.07, 6.45) is 1.12. The van der Waals surface area contributed by atoms with E-state index in [0.717, 1.165) is 23.6 Å². The molecule has 1 atom stereocenters. The summed E-state index contributed by atoms with van der Waals surface area (Å²) in [7, 11) is 0. The van der Waals surface area contributed by atoms with Crippen molar-refractivity contribution < 1.29 is 19.3 Å². The molecule has 2 aromatic rings. The highest BCUT2D eigenvalue weighted by Gasteiger charge is 2.17. The first kappa shape index (κ1) is 18.5. The Labute approximate surface area is 154 Å². The Morgan fingerprint density at radius 2 is 1.85 bits per heavy atom. The molecular weight excluding hydrogens is 330 g/mol. The fraction of sp³-hybridized carbons (Fsp3) is 0.333. The van der Waals surface area contributed by atoms with Gasteiger partial charge in [-0.05, 0) is 23.3 Å². The first-order chi connectivity index (χ1) is 12.7. The van der Waals surface area contributed by atoms with E-state index in [1.54, 1.807) is 6.08 Å². The van der Waals surface area contributed by atoms with Gasteiger partial charge in [-0.15, -0.1) is 6.58 Å². The van der Waals surface area contributed by atoms with E-state index in [1.807, 2.05) is 36.4 Å². The molecule has 1 N–H and O–H groups in total. The van der Waals surface area contributed by atoms with Crippen LogP contribution in [0.2, 0.25) is 0 Å². The largest absolute Gasteiger partial charge is 0.454 e. The Morgan fingerprint density at radius 1 is 1.08 bits per heavy atom. The van der Waals surface area contributed by atoms with Crippen LogP contribution in [0.15, 0.2) is 61.2 Å². The van der Waals surface area contributed by atoms with Crippen LogP contribution in [0.4, 0.5) is 0 Å². The Hall–Kier alpha value is -2.34. The van der Waals surface area contributed by atoms with Gasteiger partial charge in [0, 0.05) is 19.6 Å². The molecule has 2 aromatic carbocycles.